The molecule has 1 aliphatic rings. The number of fused-ring (bicyclic) bond motifs is 6. The van der Waals surface area contributed by atoms with Crippen LogP contribution in [0.25, 0.3) is 21.5 Å². The summed E-state index contributed by atoms with van der Waals surface area (Å²) in [6, 6.07) is 25.2. The van der Waals surface area contributed by atoms with Crippen molar-refractivity contribution in [2.75, 3.05) is 4.90 Å². The third-order valence-corrected chi connectivity index (χ3v) is 5.11. The van der Waals surface area contributed by atoms with Crippen LogP contribution in [-0.2, 0) is 11.2 Å². The van der Waals surface area contributed by atoms with E-state index in [9.17, 15) is 4.79 Å². The van der Waals surface area contributed by atoms with Crippen molar-refractivity contribution in [1.29, 1.82) is 0 Å². The average Bonchev–Trinajstić information content (AvgIpc) is 2.65. The van der Waals surface area contributed by atoms with Gasteiger partial charge in [0, 0.05) is 24.1 Å². The van der Waals surface area contributed by atoms with Gasteiger partial charge in [-0.15, -0.1) is 0 Å². The molecule has 4 aromatic carbocycles. The molecule has 0 N–H and O–H groups in total. The predicted octanol–water partition coefficient (Wildman–Crippen LogP) is 5.58. The largest absolute Gasteiger partial charge is 0.279 e. The lowest BCUT2D eigenvalue weighted by molar-refractivity contribution is -0.115. The van der Waals surface area contributed by atoms with Crippen LogP contribution in [0.2, 0.25) is 0 Å². The molecule has 0 spiro atoms. The Morgan fingerprint density at radius 1 is 0.720 bits per heavy atom. The first-order valence-electron chi connectivity index (χ1n) is 8.56. The maximum absolute atomic E-state index is 12.7. The molecule has 0 fully saturated rings. The summed E-state index contributed by atoms with van der Waals surface area (Å²) in [7, 11) is 0. The molecule has 25 heavy (non-hydrogen) atoms. The maximum atomic E-state index is 12.7. The van der Waals surface area contributed by atoms with E-state index in [1.165, 1.54) is 11.1 Å². The second-order valence-electron chi connectivity index (χ2n) is 6.62. The van der Waals surface area contributed by atoms with Crippen LogP contribution in [0.3, 0.4) is 0 Å². The van der Waals surface area contributed by atoms with E-state index >= 15 is 0 Å². The van der Waals surface area contributed by atoms with Crippen LogP contribution in [0.1, 0.15) is 18.1 Å². The van der Waals surface area contributed by atoms with Gasteiger partial charge in [-0.3, -0.25) is 9.69 Å². The lowest BCUT2D eigenvalue weighted by atomic mass is 9.90. The highest BCUT2D eigenvalue weighted by Gasteiger charge is 2.28. The van der Waals surface area contributed by atoms with Crippen molar-refractivity contribution in [1.82, 2.24) is 0 Å². The van der Waals surface area contributed by atoms with Gasteiger partial charge in [-0.2, -0.15) is 0 Å². The molecule has 0 aromatic heterocycles. The Balaban J connectivity index is 1.91. The molecule has 0 radical (unpaired) electrons. The summed E-state index contributed by atoms with van der Waals surface area (Å²) in [6.07, 6.45) is 0.851. The summed E-state index contributed by atoms with van der Waals surface area (Å²) in [6.45, 7) is 1.66. The maximum Gasteiger partial charge on any atom is 0.228 e. The molecule has 120 valence electrons. The fourth-order valence-corrected chi connectivity index (χ4v) is 4.05. The molecule has 1 heterocycles. The molecule has 1 amide bonds. The normalized spacial score (nSPS) is 12.9. The van der Waals surface area contributed by atoms with Crippen molar-refractivity contribution in [2.24, 2.45) is 0 Å². The van der Waals surface area contributed by atoms with Crippen molar-refractivity contribution >= 4 is 38.8 Å². The molecule has 2 nitrogen and oxygen atoms in total. The zero-order chi connectivity index (χ0) is 17.0. The van der Waals surface area contributed by atoms with E-state index < -0.39 is 0 Å². The number of rotatable bonds is 0. The smallest absolute Gasteiger partial charge is 0.228 e. The van der Waals surface area contributed by atoms with Gasteiger partial charge in [0.25, 0.3) is 0 Å². The fraction of sp³-hybridized carbons (Fsp3) is 0.0870. The second kappa shape index (κ2) is 5.18. The topological polar surface area (TPSA) is 20.3 Å². The zero-order valence-electron chi connectivity index (χ0n) is 14.0. The van der Waals surface area contributed by atoms with Gasteiger partial charge in [0.2, 0.25) is 5.91 Å². The molecule has 0 bridgehead atoms. The second-order valence-corrected chi connectivity index (χ2v) is 6.62. The molecule has 0 saturated carbocycles. The van der Waals surface area contributed by atoms with Gasteiger partial charge >= 0.3 is 0 Å². The Kier molecular flexibility index (Phi) is 2.95. The van der Waals surface area contributed by atoms with E-state index in [0.717, 1.165) is 39.3 Å². The monoisotopic (exact) mass is 323 g/mol. The van der Waals surface area contributed by atoms with Crippen molar-refractivity contribution in [2.45, 2.75) is 13.3 Å². The van der Waals surface area contributed by atoms with Gasteiger partial charge in [0.1, 0.15) is 0 Å². The first-order valence-corrected chi connectivity index (χ1v) is 8.56. The van der Waals surface area contributed by atoms with E-state index in [2.05, 4.69) is 48.5 Å². The highest BCUT2D eigenvalue weighted by molar-refractivity contribution is 6.15. The first-order chi connectivity index (χ1) is 12.2. The molecule has 0 saturated heterocycles. The van der Waals surface area contributed by atoms with Gasteiger partial charge < -0.3 is 0 Å². The molecule has 2 heteroatoms. The van der Waals surface area contributed by atoms with Crippen LogP contribution in [-0.4, -0.2) is 5.91 Å². The predicted molar refractivity (Wildman–Crippen MR) is 104 cm³/mol. The zero-order valence-corrected chi connectivity index (χ0v) is 14.0. The molecule has 0 aliphatic carbocycles. The minimum atomic E-state index is 0.0508. The Morgan fingerprint density at radius 2 is 1.20 bits per heavy atom. The van der Waals surface area contributed by atoms with Crippen molar-refractivity contribution in [3.63, 3.8) is 0 Å². The SMILES string of the molecule is CC(=O)N1c2c(ccc3ccccc23)Cc2ccc3ccccc3c21. The van der Waals surface area contributed by atoms with Crippen LogP contribution >= 0.6 is 0 Å². The number of hydrogen-bond acceptors (Lipinski definition) is 1. The van der Waals surface area contributed by atoms with Gasteiger partial charge in [-0.05, 0) is 21.9 Å². The van der Waals surface area contributed by atoms with Crippen LogP contribution < -0.4 is 4.90 Å². The summed E-state index contributed by atoms with van der Waals surface area (Å²) in [5.74, 6) is 0.0508. The summed E-state index contributed by atoms with van der Waals surface area (Å²) in [5, 5.41) is 4.59. The minimum Gasteiger partial charge on any atom is -0.279 e. The van der Waals surface area contributed by atoms with Crippen LogP contribution in [0.4, 0.5) is 11.4 Å². The molecule has 0 atom stereocenters. The van der Waals surface area contributed by atoms with Crippen molar-refractivity contribution < 1.29 is 4.79 Å². The van der Waals surface area contributed by atoms with Crippen LogP contribution in [0, 0.1) is 0 Å². The van der Waals surface area contributed by atoms with Crippen LogP contribution in [0.5, 0.6) is 0 Å². The average molecular weight is 323 g/mol. The molecular weight excluding hydrogens is 306 g/mol. The van der Waals surface area contributed by atoms with Gasteiger partial charge in [0.15, 0.2) is 0 Å². The molecule has 1 aliphatic heterocycles. The summed E-state index contributed by atoms with van der Waals surface area (Å²) >= 11 is 0. The number of hydrogen-bond donors (Lipinski definition) is 0. The van der Waals surface area contributed by atoms with Gasteiger partial charge in [0.05, 0.1) is 11.4 Å². The quantitative estimate of drug-likeness (QED) is 0.413. The van der Waals surface area contributed by atoms with Crippen LogP contribution in [0.15, 0.2) is 72.8 Å². The molecule has 4 aromatic rings. The Hall–Kier alpha value is -3.13. The number of amides is 1. The van der Waals surface area contributed by atoms with Crippen molar-refractivity contribution in [3.05, 3.63) is 83.9 Å². The number of carbonyl (C=O) groups excluding carboxylic acids is 1. The highest BCUT2D eigenvalue weighted by Crippen LogP contribution is 2.45. The molecule has 5 rings (SSSR count). The number of benzene rings is 4. The van der Waals surface area contributed by atoms with E-state index in [1.54, 1.807) is 6.92 Å². The molecule has 0 unspecified atom stereocenters. The first kappa shape index (κ1) is 14.2. The Bertz CT molecular complexity index is 1070. The fourth-order valence-electron chi connectivity index (χ4n) is 4.05. The van der Waals surface area contributed by atoms with E-state index in [1.807, 2.05) is 29.2 Å². The summed E-state index contributed by atoms with van der Waals surface area (Å²) in [4.78, 5) is 14.7. The van der Waals surface area contributed by atoms with E-state index in [-0.39, 0.29) is 5.91 Å². The third-order valence-electron chi connectivity index (χ3n) is 5.11. The Labute approximate surface area is 146 Å². The minimum absolute atomic E-state index is 0.0508. The standard InChI is InChI=1S/C23H17NO/c1-15(25)24-22-18(12-10-16-6-2-4-8-20(16)22)14-19-13-11-17-7-3-5-9-21(17)23(19)24/h2-13H,14H2,1H3. The lowest BCUT2D eigenvalue weighted by Crippen LogP contribution is -2.28. The highest BCUT2D eigenvalue weighted by atomic mass is 16.2. The molecular formula is C23H17NO. The third kappa shape index (κ3) is 2.01. The summed E-state index contributed by atoms with van der Waals surface area (Å²) < 4.78 is 0. The lowest BCUT2D eigenvalue weighted by Gasteiger charge is -2.33. The van der Waals surface area contributed by atoms with Gasteiger partial charge in [-0.25, -0.2) is 0 Å². The number of carbonyl (C=O) groups is 1. The van der Waals surface area contributed by atoms with Gasteiger partial charge in [-0.1, -0.05) is 72.8 Å². The number of anilines is 2. The van der Waals surface area contributed by atoms with E-state index in [0.29, 0.717) is 0 Å². The number of nitrogens with zero attached hydrogens (tertiary/aromatic N) is 1. The Morgan fingerprint density at radius 3 is 1.68 bits per heavy atom. The van der Waals surface area contributed by atoms with E-state index in [4.69, 9.17) is 0 Å². The summed E-state index contributed by atoms with van der Waals surface area (Å²) in [5.41, 5.74) is 4.48. The van der Waals surface area contributed by atoms with Crippen molar-refractivity contribution in [3.8, 4) is 0 Å².